The Morgan fingerprint density at radius 1 is 1.59 bits per heavy atom. The highest BCUT2D eigenvalue weighted by molar-refractivity contribution is 9.10. The molecule has 0 spiro atoms. The maximum absolute atomic E-state index is 12.0. The van der Waals surface area contributed by atoms with Crippen molar-refractivity contribution in [2.24, 2.45) is 5.92 Å². The lowest BCUT2D eigenvalue weighted by molar-refractivity contribution is 0.0519. The maximum atomic E-state index is 12.0. The number of hydrogen-bond donors (Lipinski definition) is 1. The van der Waals surface area contributed by atoms with Gasteiger partial charge in [-0.1, -0.05) is 0 Å². The molecule has 0 radical (unpaired) electrons. The fourth-order valence-corrected chi connectivity index (χ4v) is 2.16. The van der Waals surface area contributed by atoms with Crippen LogP contribution in [0.15, 0.2) is 10.7 Å². The van der Waals surface area contributed by atoms with E-state index in [0.29, 0.717) is 22.8 Å². The topological polar surface area (TPSA) is 91.1 Å². The van der Waals surface area contributed by atoms with Crippen molar-refractivity contribution in [3.63, 3.8) is 0 Å². The Bertz CT molecular complexity index is 604. The smallest absolute Gasteiger partial charge is 0.426 e. The second-order valence-corrected chi connectivity index (χ2v) is 7.00. The Labute approximate surface area is 137 Å². The molecule has 0 saturated heterocycles. The third-order valence-corrected chi connectivity index (χ3v) is 3.40. The van der Waals surface area contributed by atoms with Crippen LogP contribution in [0.25, 0.3) is 0 Å². The number of halogens is 1. The summed E-state index contributed by atoms with van der Waals surface area (Å²) in [6, 6.07) is 1.90. The van der Waals surface area contributed by atoms with Crippen LogP contribution in [-0.2, 0) is 4.74 Å². The largest absolute Gasteiger partial charge is 0.443 e. The van der Waals surface area contributed by atoms with Crippen LogP contribution < -0.4 is 10.4 Å². The van der Waals surface area contributed by atoms with Crippen LogP contribution >= 0.6 is 15.9 Å². The van der Waals surface area contributed by atoms with E-state index in [9.17, 15) is 4.79 Å². The molecule has 1 aliphatic rings. The SMILES string of the molecule is CC(C)(C)OC(=O)NN(CC1CC1)c1nc(C#N)ncc1Br. The van der Waals surface area contributed by atoms with Crippen molar-refractivity contribution >= 4 is 27.8 Å². The number of anilines is 1. The summed E-state index contributed by atoms with van der Waals surface area (Å²) >= 11 is 3.35. The molecule has 2 rings (SSSR count). The summed E-state index contributed by atoms with van der Waals surface area (Å²) in [6.07, 6.45) is 3.16. The van der Waals surface area contributed by atoms with Gasteiger partial charge in [-0.05, 0) is 55.5 Å². The lowest BCUT2D eigenvalue weighted by Gasteiger charge is -2.27. The zero-order chi connectivity index (χ0) is 16.3. The number of nitriles is 1. The van der Waals surface area contributed by atoms with Crippen molar-refractivity contribution in [1.29, 1.82) is 5.26 Å². The van der Waals surface area contributed by atoms with Crippen LogP contribution in [0.2, 0.25) is 0 Å². The van der Waals surface area contributed by atoms with Crippen molar-refractivity contribution in [2.45, 2.75) is 39.2 Å². The van der Waals surface area contributed by atoms with Gasteiger partial charge in [0.25, 0.3) is 0 Å². The van der Waals surface area contributed by atoms with Crippen LogP contribution in [0.4, 0.5) is 10.6 Å². The second kappa shape index (κ2) is 6.48. The summed E-state index contributed by atoms with van der Waals surface area (Å²) in [5.74, 6) is 0.997. The third kappa shape index (κ3) is 4.84. The van der Waals surface area contributed by atoms with Crippen molar-refractivity contribution in [3.05, 3.63) is 16.5 Å². The highest BCUT2D eigenvalue weighted by Gasteiger charge is 2.28. The Morgan fingerprint density at radius 2 is 2.27 bits per heavy atom. The number of aromatic nitrogens is 2. The van der Waals surface area contributed by atoms with Gasteiger partial charge in [-0.2, -0.15) is 10.2 Å². The Hall–Kier alpha value is -1.88. The Balaban J connectivity index is 2.19. The number of hydrogen-bond acceptors (Lipinski definition) is 6. The predicted molar refractivity (Wildman–Crippen MR) is 83.9 cm³/mol. The molecular weight excluding hydrogens is 350 g/mol. The van der Waals surface area contributed by atoms with E-state index >= 15 is 0 Å². The molecule has 118 valence electrons. The van der Waals surface area contributed by atoms with Gasteiger partial charge >= 0.3 is 6.09 Å². The molecule has 1 N–H and O–H groups in total. The molecule has 1 heterocycles. The highest BCUT2D eigenvalue weighted by Crippen LogP contribution is 2.32. The van der Waals surface area contributed by atoms with Crippen LogP contribution in [0.3, 0.4) is 0 Å². The van der Waals surface area contributed by atoms with Gasteiger partial charge < -0.3 is 4.74 Å². The summed E-state index contributed by atoms with van der Waals surface area (Å²) in [5, 5.41) is 10.6. The molecule has 1 fully saturated rings. The number of rotatable bonds is 4. The maximum Gasteiger partial charge on any atom is 0.426 e. The van der Waals surface area contributed by atoms with E-state index < -0.39 is 11.7 Å². The standard InChI is InChI=1S/C14H18BrN5O2/c1-14(2,3)22-13(21)19-20(8-9-4-5-9)12-10(15)7-17-11(6-16)18-12/h7,9H,4-5,8H2,1-3H3,(H,19,21). The van der Waals surface area contributed by atoms with Crippen LogP contribution in [0.1, 0.15) is 39.4 Å². The van der Waals surface area contributed by atoms with E-state index in [4.69, 9.17) is 10.00 Å². The molecule has 1 aromatic rings. The molecule has 1 aliphatic carbocycles. The minimum absolute atomic E-state index is 0.0463. The average Bonchev–Trinajstić information content (AvgIpc) is 3.20. The molecule has 7 nitrogen and oxygen atoms in total. The van der Waals surface area contributed by atoms with E-state index in [2.05, 4.69) is 31.3 Å². The first-order chi connectivity index (χ1) is 10.3. The van der Waals surface area contributed by atoms with Gasteiger partial charge in [-0.3, -0.25) is 5.01 Å². The van der Waals surface area contributed by atoms with E-state index in [1.165, 1.54) is 6.20 Å². The number of hydrazine groups is 1. The van der Waals surface area contributed by atoms with Crippen LogP contribution in [-0.4, -0.2) is 28.2 Å². The molecule has 1 amide bonds. The third-order valence-electron chi connectivity index (χ3n) is 2.84. The second-order valence-electron chi connectivity index (χ2n) is 6.14. The highest BCUT2D eigenvalue weighted by atomic mass is 79.9. The number of nitrogens with zero attached hydrogens (tertiary/aromatic N) is 4. The quantitative estimate of drug-likeness (QED) is 0.822. The summed E-state index contributed by atoms with van der Waals surface area (Å²) in [7, 11) is 0. The molecule has 0 aromatic carbocycles. The minimum atomic E-state index is -0.587. The van der Waals surface area contributed by atoms with Gasteiger partial charge in [0.05, 0.1) is 4.47 Å². The summed E-state index contributed by atoms with van der Waals surface area (Å²) < 4.78 is 5.87. The van der Waals surface area contributed by atoms with Gasteiger partial charge in [0, 0.05) is 12.7 Å². The van der Waals surface area contributed by atoms with Crippen molar-refractivity contribution < 1.29 is 9.53 Å². The minimum Gasteiger partial charge on any atom is -0.443 e. The monoisotopic (exact) mass is 367 g/mol. The Morgan fingerprint density at radius 3 is 2.82 bits per heavy atom. The summed E-state index contributed by atoms with van der Waals surface area (Å²) in [6.45, 7) is 6.00. The molecule has 0 aliphatic heterocycles. The van der Waals surface area contributed by atoms with E-state index in [-0.39, 0.29) is 5.82 Å². The van der Waals surface area contributed by atoms with E-state index in [0.717, 1.165) is 12.8 Å². The molecule has 0 atom stereocenters. The van der Waals surface area contributed by atoms with Gasteiger partial charge in [0.1, 0.15) is 11.7 Å². The molecule has 8 heteroatoms. The zero-order valence-electron chi connectivity index (χ0n) is 12.8. The summed E-state index contributed by atoms with van der Waals surface area (Å²) in [5.41, 5.74) is 2.11. The van der Waals surface area contributed by atoms with Gasteiger partial charge in [0.15, 0.2) is 5.82 Å². The Kier molecular flexibility index (Phi) is 4.86. The molecule has 1 aromatic heterocycles. The fourth-order valence-electron chi connectivity index (χ4n) is 1.76. The van der Waals surface area contributed by atoms with Gasteiger partial charge in [-0.15, -0.1) is 0 Å². The number of carbonyl (C=O) groups excluding carboxylic acids is 1. The molecule has 22 heavy (non-hydrogen) atoms. The number of amides is 1. The molecule has 0 bridgehead atoms. The van der Waals surface area contributed by atoms with E-state index in [1.54, 1.807) is 25.8 Å². The summed E-state index contributed by atoms with van der Waals surface area (Å²) in [4.78, 5) is 20.1. The zero-order valence-corrected chi connectivity index (χ0v) is 14.3. The van der Waals surface area contributed by atoms with E-state index in [1.807, 2.05) is 6.07 Å². The first-order valence-electron chi connectivity index (χ1n) is 6.98. The molecule has 0 unspecified atom stereocenters. The number of carbonyl (C=O) groups is 1. The predicted octanol–water partition coefficient (Wildman–Crippen LogP) is 2.77. The molecule has 1 saturated carbocycles. The number of nitrogens with one attached hydrogen (secondary N) is 1. The van der Waals surface area contributed by atoms with Crippen molar-refractivity contribution in [3.8, 4) is 6.07 Å². The lowest BCUT2D eigenvalue weighted by Crippen LogP contribution is -2.46. The normalized spacial score (nSPS) is 14.1. The molecular formula is C14H18BrN5O2. The average molecular weight is 368 g/mol. The van der Waals surface area contributed by atoms with Crippen molar-refractivity contribution in [2.75, 3.05) is 11.6 Å². The number of ether oxygens (including phenoxy) is 1. The van der Waals surface area contributed by atoms with Crippen LogP contribution in [0, 0.1) is 17.2 Å². The van der Waals surface area contributed by atoms with Gasteiger partial charge in [-0.25, -0.2) is 15.2 Å². The van der Waals surface area contributed by atoms with Crippen LogP contribution in [0.5, 0.6) is 0 Å². The first-order valence-corrected chi connectivity index (χ1v) is 7.77. The van der Waals surface area contributed by atoms with Crippen molar-refractivity contribution in [1.82, 2.24) is 15.4 Å². The lowest BCUT2D eigenvalue weighted by atomic mass is 10.2. The first kappa shape index (κ1) is 16.5. The van der Waals surface area contributed by atoms with Gasteiger partial charge in [0.2, 0.25) is 5.82 Å². The fraction of sp³-hybridized carbons (Fsp3) is 0.571.